The minimum Gasteiger partial charge on any atom is -0.507 e. The van der Waals surface area contributed by atoms with Crippen LogP contribution in [-0.4, -0.2) is 22.0 Å². The molecule has 0 fully saturated rings. The largest absolute Gasteiger partial charge is 0.507 e. The predicted octanol–water partition coefficient (Wildman–Crippen LogP) is 6.87. The fraction of sp³-hybridized carbons (Fsp3) is 0.286. The lowest BCUT2D eigenvalue weighted by Crippen LogP contribution is -2.17. The van der Waals surface area contributed by atoms with Crippen molar-refractivity contribution in [3.05, 3.63) is 75.5 Å². The number of nitrogens with one attached hydrogen (secondary N) is 1. The maximum atomic E-state index is 12.7. The molecule has 8 heteroatoms. The van der Waals surface area contributed by atoms with Crippen molar-refractivity contribution >= 4 is 52.9 Å². The lowest BCUT2D eigenvalue weighted by molar-refractivity contribution is -0.111. The molecule has 0 radical (unpaired) electrons. The van der Waals surface area contributed by atoms with Gasteiger partial charge in [-0.25, -0.2) is 4.99 Å². The van der Waals surface area contributed by atoms with Crippen molar-refractivity contribution < 1.29 is 15.0 Å². The summed E-state index contributed by atoms with van der Waals surface area (Å²) in [5.41, 5.74) is 8.74. The van der Waals surface area contributed by atoms with Gasteiger partial charge in [-0.1, -0.05) is 47.6 Å². The van der Waals surface area contributed by atoms with Crippen LogP contribution in [0.4, 0.5) is 11.4 Å². The molecule has 0 aliphatic carbocycles. The number of hydrogen-bond donors (Lipinski definition) is 4. The zero-order chi connectivity index (χ0) is 26.0. The zero-order valence-electron chi connectivity index (χ0n) is 21.4. The molecule has 192 valence electrons. The summed E-state index contributed by atoms with van der Waals surface area (Å²) in [6.45, 7) is 12.3. The zero-order valence-corrected chi connectivity index (χ0v) is 23.1. The van der Waals surface area contributed by atoms with E-state index >= 15 is 0 Å². The summed E-state index contributed by atoms with van der Waals surface area (Å²) in [5.74, 6) is 0.215. The van der Waals surface area contributed by atoms with E-state index in [-0.39, 0.29) is 46.4 Å². The van der Waals surface area contributed by atoms with E-state index in [1.807, 2.05) is 71.2 Å². The van der Waals surface area contributed by atoms with Crippen molar-refractivity contribution in [3.63, 3.8) is 0 Å². The van der Waals surface area contributed by atoms with E-state index in [0.29, 0.717) is 11.4 Å². The van der Waals surface area contributed by atoms with Crippen molar-refractivity contribution in [3.8, 4) is 11.5 Å². The number of amides is 1. The van der Waals surface area contributed by atoms with Crippen LogP contribution in [0.2, 0.25) is 0 Å². The fourth-order valence-corrected chi connectivity index (χ4v) is 4.18. The van der Waals surface area contributed by atoms with Gasteiger partial charge in [-0.3, -0.25) is 4.79 Å². The first-order chi connectivity index (χ1) is 16.3. The van der Waals surface area contributed by atoms with Gasteiger partial charge in [-0.15, -0.1) is 23.7 Å². The number of aromatic hydroxyl groups is 2. The number of nitrogens with zero attached hydrogens (tertiary/aromatic N) is 1. The Bertz CT molecular complexity index is 1250. The number of carbonyl (C=O) groups is 1. The number of hydrogen-bond acceptors (Lipinski definition) is 5. The van der Waals surface area contributed by atoms with Crippen LogP contribution in [-0.2, 0) is 15.6 Å². The topological polar surface area (TPSA) is 108 Å². The highest BCUT2D eigenvalue weighted by Gasteiger charge is 2.26. The number of halogens is 1. The minimum absolute atomic E-state index is 0. The standard InChI is InChI=1S/C28H33N3O3S.ClH/c1-27(2,3)19-14-17(15-20(25(19)34)28(4,5)6)9-12-24(33)30-18-10-11-22(32)21(16-18)31-26(29)23-8-7-13-35-23;/h7-16,32,34H,1-6H3,(H2,29,31)(H,30,33);1H. The molecule has 5 N–H and O–H groups in total. The molecule has 36 heavy (non-hydrogen) atoms. The fourth-order valence-electron chi connectivity index (χ4n) is 3.55. The van der Waals surface area contributed by atoms with Gasteiger partial charge in [-0.05, 0) is 64.2 Å². The third-order valence-electron chi connectivity index (χ3n) is 5.43. The Labute approximate surface area is 223 Å². The van der Waals surface area contributed by atoms with E-state index in [9.17, 15) is 15.0 Å². The molecule has 6 nitrogen and oxygen atoms in total. The van der Waals surface area contributed by atoms with E-state index in [4.69, 9.17) is 5.73 Å². The van der Waals surface area contributed by atoms with Crippen LogP contribution in [0.15, 0.2) is 58.9 Å². The molecule has 3 rings (SSSR count). The first-order valence-electron chi connectivity index (χ1n) is 11.3. The van der Waals surface area contributed by atoms with Crippen LogP contribution in [0.1, 0.15) is 63.1 Å². The summed E-state index contributed by atoms with van der Waals surface area (Å²) in [5, 5.41) is 25.7. The second-order valence-corrected chi connectivity index (χ2v) is 11.4. The first kappa shape index (κ1) is 28.9. The molecule has 2 aromatic carbocycles. The molecule has 0 saturated carbocycles. The number of aliphatic imine (C=N–C) groups is 1. The number of thiophene rings is 1. The number of carbonyl (C=O) groups excluding carboxylic acids is 1. The number of anilines is 1. The number of phenols is 2. The number of phenolic OH excluding ortho intramolecular Hbond substituents is 2. The predicted molar refractivity (Wildman–Crippen MR) is 153 cm³/mol. The molecule has 0 spiro atoms. The van der Waals surface area contributed by atoms with Crippen LogP contribution in [0.5, 0.6) is 11.5 Å². The van der Waals surface area contributed by atoms with Crippen molar-refractivity contribution in [2.24, 2.45) is 10.7 Å². The van der Waals surface area contributed by atoms with Gasteiger partial charge in [0, 0.05) is 22.9 Å². The maximum Gasteiger partial charge on any atom is 0.248 e. The van der Waals surface area contributed by atoms with Crippen molar-refractivity contribution in [1.29, 1.82) is 0 Å². The Balaban J connectivity index is 0.00000456. The van der Waals surface area contributed by atoms with Crippen LogP contribution >= 0.6 is 23.7 Å². The average molecular weight is 528 g/mol. The van der Waals surface area contributed by atoms with Gasteiger partial charge in [-0.2, -0.15) is 0 Å². The Kier molecular flexibility index (Phi) is 8.99. The third kappa shape index (κ3) is 7.12. The molecule has 0 aliphatic rings. The van der Waals surface area contributed by atoms with Crippen LogP contribution in [0.25, 0.3) is 6.08 Å². The van der Waals surface area contributed by atoms with Crippen molar-refractivity contribution in [1.82, 2.24) is 0 Å². The Morgan fingerprint density at radius 3 is 2.14 bits per heavy atom. The molecule has 1 heterocycles. The van der Waals surface area contributed by atoms with E-state index in [1.54, 1.807) is 18.2 Å². The molecule has 1 aromatic heterocycles. The SMILES string of the molecule is CC(C)(C)c1cc(C=CC(=O)Nc2ccc(O)c(N=C(N)c3cccs3)c2)cc(C(C)(C)C)c1O.Cl. The van der Waals surface area contributed by atoms with Gasteiger partial charge in [0.05, 0.1) is 4.88 Å². The first-order valence-corrected chi connectivity index (χ1v) is 12.2. The summed E-state index contributed by atoms with van der Waals surface area (Å²) < 4.78 is 0. The molecule has 0 unspecified atom stereocenters. The van der Waals surface area contributed by atoms with Gasteiger partial charge >= 0.3 is 0 Å². The average Bonchev–Trinajstić information content (AvgIpc) is 3.29. The Morgan fingerprint density at radius 1 is 1.00 bits per heavy atom. The maximum absolute atomic E-state index is 12.7. The highest BCUT2D eigenvalue weighted by atomic mass is 35.5. The number of benzene rings is 2. The second-order valence-electron chi connectivity index (χ2n) is 10.5. The van der Waals surface area contributed by atoms with E-state index in [2.05, 4.69) is 10.3 Å². The Morgan fingerprint density at radius 2 is 1.61 bits per heavy atom. The summed E-state index contributed by atoms with van der Waals surface area (Å²) in [4.78, 5) is 17.7. The summed E-state index contributed by atoms with van der Waals surface area (Å²) in [6, 6.07) is 12.2. The Hall–Kier alpha value is -3.29. The lowest BCUT2D eigenvalue weighted by atomic mass is 9.78. The van der Waals surface area contributed by atoms with Gasteiger partial charge in [0.25, 0.3) is 0 Å². The number of amidine groups is 1. The third-order valence-corrected chi connectivity index (χ3v) is 6.33. The van der Waals surface area contributed by atoms with Gasteiger partial charge in [0.2, 0.25) is 5.91 Å². The molecular formula is C28H34ClN3O3S. The summed E-state index contributed by atoms with van der Waals surface area (Å²) in [7, 11) is 0. The molecule has 0 bridgehead atoms. The normalized spacial score (nSPS) is 12.4. The quantitative estimate of drug-likeness (QED) is 0.126. The van der Waals surface area contributed by atoms with Crippen LogP contribution in [0.3, 0.4) is 0 Å². The van der Waals surface area contributed by atoms with Crippen molar-refractivity contribution in [2.75, 3.05) is 5.32 Å². The monoisotopic (exact) mass is 527 g/mol. The summed E-state index contributed by atoms with van der Waals surface area (Å²) >= 11 is 1.45. The highest BCUT2D eigenvalue weighted by Crippen LogP contribution is 2.40. The molecule has 0 saturated heterocycles. The number of nitrogens with two attached hydrogens (primary N) is 1. The van der Waals surface area contributed by atoms with E-state index < -0.39 is 0 Å². The van der Waals surface area contributed by atoms with Crippen molar-refractivity contribution in [2.45, 2.75) is 52.4 Å². The van der Waals surface area contributed by atoms with Gasteiger partial charge < -0.3 is 21.3 Å². The number of rotatable bonds is 5. The van der Waals surface area contributed by atoms with Gasteiger partial charge in [0.1, 0.15) is 23.0 Å². The molecule has 0 atom stereocenters. The molecule has 3 aromatic rings. The molecular weight excluding hydrogens is 494 g/mol. The minimum atomic E-state index is -0.334. The molecule has 1 amide bonds. The smallest absolute Gasteiger partial charge is 0.248 e. The molecule has 0 aliphatic heterocycles. The van der Waals surface area contributed by atoms with E-state index in [0.717, 1.165) is 21.6 Å². The lowest BCUT2D eigenvalue weighted by Gasteiger charge is -2.27. The van der Waals surface area contributed by atoms with E-state index in [1.165, 1.54) is 23.5 Å². The highest BCUT2D eigenvalue weighted by molar-refractivity contribution is 7.12. The second kappa shape index (κ2) is 11.2. The van der Waals surface area contributed by atoms with Crippen LogP contribution in [0, 0.1) is 0 Å². The van der Waals surface area contributed by atoms with Gasteiger partial charge in [0.15, 0.2) is 0 Å². The summed E-state index contributed by atoms with van der Waals surface area (Å²) in [6.07, 6.45) is 3.18. The van der Waals surface area contributed by atoms with Crippen LogP contribution < -0.4 is 11.1 Å².